The number of aromatic nitrogens is 3. The minimum atomic E-state index is 0.233. The van der Waals surface area contributed by atoms with Crippen molar-refractivity contribution in [2.24, 2.45) is 5.92 Å². The molecule has 178 valence electrons. The summed E-state index contributed by atoms with van der Waals surface area (Å²) in [6, 6.07) is 16.9. The van der Waals surface area contributed by atoms with Crippen molar-refractivity contribution in [3.05, 3.63) is 83.4 Å². The molecule has 0 saturated carbocycles. The second kappa shape index (κ2) is 11.3. The molecule has 0 saturated heterocycles. The van der Waals surface area contributed by atoms with Crippen LogP contribution in [0, 0.1) is 12.8 Å². The van der Waals surface area contributed by atoms with Gasteiger partial charge in [0.1, 0.15) is 5.75 Å². The lowest BCUT2D eigenvalue weighted by Gasteiger charge is -2.19. The van der Waals surface area contributed by atoms with Gasteiger partial charge in [0.05, 0.1) is 36.6 Å². The van der Waals surface area contributed by atoms with Crippen LogP contribution in [-0.4, -0.2) is 28.2 Å². The Morgan fingerprint density at radius 1 is 1.12 bits per heavy atom. The Kier molecular flexibility index (Phi) is 7.98. The third-order valence-corrected chi connectivity index (χ3v) is 6.43. The monoisotopic (exact) mass is 475 g/mol. The summed E-state index contributed by atoms with van der Waals surface area (Å²) in [6.07, 6.45) is 5.84. The van der Waals surface area contributed by atoms with Gasteiger partial charge < -0.3 is 19.9 Å². The van der Waals surface area contributed by atoms with Crippen LogP contribution < -0.4 is 15.4 Å². The van der Waals surface area contributed by atoms with Crippen LogP contribution in [0.1, 0.15) is 43.3 Å². The molecule has 1 atom stereocenters. The second-order valence-electron chi connectivity index (χ2n) is 8.88. The first-order chi connectivity index (χ1) is 16.5. The summed E-state index contributed by atoms with van der Waals surface area (Å²) >= 11 is 1.63. The van der Waals surface area contributed by atoms with E-state index in [0.29, 0.717) is 5.92 Å². The molecule has 0 aliphatic carbocycles. The minimum Gasteiger partial charge on any atom is -0.494 e. The number of hydrogen-bond donors (Lipinski definition) is 2. The maximum Gasteiger partial charge on any atom is 0.187 e. The van der Waals surface area contributed by atoms with Crippen LogP contribution >= 0.6 is 11.3 Å². The summed E-state index contributed by atoms with van der Waals surface area (Å²) in [6.45, 7) is 7.41. The Bertz CT molecular complexity index is 1180. The fraction of sp³-hybridized carbons (Fsp3) is 0.333. The molecule has 1 unspecified atom stereocenters. The van der Waals surface area contributed by atoms with Crippen molar-refractivity contribution in [1.82, 2.24) is 19.9 Å². The number of nitrogens with zero attached hydrogens (tertiary/aromatic N) is 3. The average molecular weight is 476 g/mol. The van der Waals surface area contributed by atoms with Crippen LogP contribution in [0.4, 0.5) is 10.8 Å². The lowest BCUT2D eigenvalue weighted by Crippen LogP contribution is -2.25. The predicted molar refractivity (Wildman–Crippen MR) is 141 cm³/mol. The van der Waals surface area contributed by atoms with Gasteiger partial charge in [-0.15, -0.1) is 11.3 Å². The van der Waals surface area contributed by atoms with Crippen LogP contribution in [0.25, 0.3) is 5.69 Å². The molecular weight excluding hydrogens is 442 g/mol. The lowest BCUT2D eigenvalue weighted by molar-refractivity contribution is 0.413. The zero-order valence-corrected chi connectivity index (χ0v) is 21.1. The van der Waals surface area contributed by atoms with E-state index in [1.165, 1.54) is 5.56 Å². The SMILES string of the molecule is COc1cc(Nc2nc(C(CC(C)C)NCCc3ccccc3)cs2)ccc1-n1cnc(C)c1. The van der Waals surface area contributed by atoms with Gasteiger partial charge in [-0.2, -0.15) is 0 Å². The Hall–Kier alpha value is -3.16. The number of imidazole rings is 1. The van der Waals surface area contributed by atoms with Gasteiger partial charge in [-0.3, -0.25) is 0 Å². The largest absolute Gasteiger partial charge is 0.494 e. The van der Waals surface area contributed by atoms with Crippen LogP contribution in [-0.2, 0) is 6.42 Å². The molecule has 0 amide bonds. The first-order valence-corrected chi connectivity index (χ1v) is 12.6. The molecule has 2 heterocycles. The van der Waals surface area contributed by atoms with Crippen molar-refractivity contribution in [1.29, 1.82) is 0 Å². The number of nitrogens with one attached hydrogen (secondary N) is 2. The van der Waals surface area contributed by atoms with Crippen LogP contribution in [0.15, 0.2) is 66.4 Å². The summed E-state index contributed by atoms with van der Waals surface area (Å²) < 4.78 is 7.61. The summed E-state index contributed by atoms with van der Waals surface area (Å²) in [7, 11) is 1.69. The highest BCUT2D eigenvalue weighted by molar-refractivity contribution is 7.13. The number of aryl methyl sites for hydroxylation is 1. The van der Waals surface area contributed by atoms with Crippen molar-refractivity contribution in [2.75, 3.05) is 19.0 Å². The van der Waals surface area contributed by atoms with Crippen molar-refractivity contribution in [3.8, 4) is 11.4 Å². The molecule has 0 aliphatic rings. The van der Waals surface area contributed by atoms with Gasteiger partial charge in [0.25, 0.3) is 0 Å². The smallest absolute Gasteiger partial charge is 0.187 e. The van der Waals surface area contributed by atoms with Gasteiger partial charge in [0.15, 0.2) is 5.13 Å². The molecule has 2 N–H and O–H groups in total. The molecule has 2 aromatic carbocycles. The molecule has 4 rings (SSSR count). The highest BCUT2D eigenvalue weighted by Gasteiger charge is 2.17. The molecule has 0 spiro atoms. The Morgan fingerprint density at radius 3 is 2.65 bits per heavy atom. The Morgan fingerprint density at radius 2 is 1.94 bits per heavy atom. The van der Waals surface area contributed by atoms with E-state index in [9.17, 15) is 0 Å². The number of anilines is 2. The highest BCUT2D eigenvalue weighted by Crippen LogP contribution is 2.31. The van der Waals surface area contributed by atoms with Crippen molar-refractivity contribution in [3.63, 3.8) is 0 Å². The zero-order valence-electron chi connectivity index (χ0n) is 20.3. The molecule has 0 fully saturated rings. The maximum absolute atomic E-state index is 5.64. The number of rotatable bonds is 11. The molecule has 7 heteroatoms. The van der Waals surface area contributed by atoms with E-state index < -0.39 is 0 Å². The maximum atomic E-state index is 5.64. The van der Waals surface area contributed by atoms with Gasteiger partial charge >= 0.3 is 0 Å². The molecule has 4 aromatic rings. The van der Waals surface area contributed by atoms with E-state index in [0.717, 1.165) is 53.0 Å². The van der Waals surface area contributed by atoms with Crippen molar-refractivity contribution >= 4 is 22.2 Å². The molecule has 0 radical (unpaired) electrons. The Labute approximate surface area is 206 Å². The van der Waals surface area contributed by atoms with E-state index in [-0.39, 0.29) is 6.04 Å². The van der Waals surface area contributed by atoms with E-state index in [1.807, 2.05) is 35.9 Å². The van der Waals surface area contributed by atoms with Crippen molar-refractivity contribution < 1.29 is 4.74 Å². The standard InChI is InChI=1S/C27H33N5OS/c1-19(2)14-23(28-13-12-21-8-6-5-7-9-21)24-17-34-27(31-24)30-22-10-11-25(26(15-22)33-4)32-16-20(3)29-18-32/h5-11,15-19,23,28H,12-14H2,1-4H3,(H,30,31). The first kappa shape index (κ1) is 24.0. The third kappa shape index (κ3) is 6.24. The molecule has 2 aromatic heterocycles. The van der Waals surface area contributed by atoms with E-state index in [4.69, 9.17) is 9.72 Å². The Balaban J connectivity index is 1.44. The van der Waals surface area contributed by atoms with E-state index in [1.54, 1.807) is 24.8 Å². The highest BCUT2D eigenvalue weighted by atomic mass is 32.1. The number of ether oxygens (including phenoxy) is 1. The number of hydrogen-bond acceptors (Lipinski definition) is 6. The van der Waals surface area contributed by atoms with Crippen LogP contribution in [0.2, 0.25) is 0 Å². The predicted octanol–water partition coefficient (Wildman–Crippen LogP) is 6.31. The topological polar surface area (TPSA) is 64.0 Å². The fourth-order valence-corrected chi connectivity index (χ4v) is 4.75. The van der Waals surface area contributed by atoms with E-state index >= 15 is 0 Å². The zero-order chi connectivity index (χ0) is 23.9. The van der Waals surface area contributed by atoms with Gasteiger partial charge in [-0.25, -0.2) is 9.97 Å². The summed E-state index contributed by atoms with van der Waals surface area (Å²) in [5, 5.41) is 10.2. The number of methoxy groups -OCH3 is 1. The van der Waals surface area contributed by atoms with Crippen LogP contribution in [0.5, 0.6) is 5.75 Å². The van der Waals surface area contributed by atoms with Gasteiger partial charge in [0, 0.05) is 23.3 Å². The quantitative estimate of drug-likeness (QED) is 0.266. The molecule has 0 aliphatic heterocycles. The summed E-state index contributed by atoms with van der Waals surface area (Å²) in [5.41, 5.74) is 5.30. The van der Waals surface area contributed by atoms with Gasteiger partial charge in [-0.1, -0.05) is 44.2 Å². The normalized spacial score (nSPS) is 12.1. The van der Waals surface area contributed by atoms with Gasteiger partial charge in [0.2, 0.25) is 0 Å². The summed E-state index contributed by atoms with van der Waals surface area (Å²) in [5.74, 6) is 1.36. The third-order valence-electron chi connectivity index (χ3n) is 5.65. The van der Waals surface area contributed by atoms with Crippen molar-refractivity contribution in [2.45, 2.75) is 39.7 Å². The number of thiazole rings is 1. The van der Waals surface area contributed by atoms with Gasteiger partial charge in [-0.05, 0) is 49.9 Å². The minimum absolute atomic E-state index is 0.233. The fourth-order valence-electron chi connectivity index (χ4n) is 3.96. The van der Waals surface area contributed by atoms with Crippen LogP contribution in [0.3, 0.4) is 0 Å². The number of benzene rings is 2. The summed E-state index contributed by atoms with van der Waals surface area (Å²) in [4.78, 5) is 9.23. The lowest BCUT2D eigenvalue weighted by atomic mass is 10.0. The molecule has 34 heavy (non-hydrogen) atoms. The molecule has 6 nitrogen and oxygen atoms in total. The van der Waals surface area contributed by atoms with E-state index in [2.05, 4.69) is 65.2 Å². The molecule has 0 bridgehead atoms. The second-order valence-corrected chi connectivity index (χ2v) is 9.74. The first-order valence-electron chi connectivity index (χ1n) is 11.7. The molecular formula is C27H33N5OS. The average Bonchev–Trinajstić information content (AvgIpc) is 3.48.